The predicted molar refractivity (Wildman–Crippen MR) is 90.9 cm³/mol. The third-order valence-electron chi connectivity index (χ3n) is 2.91. The van der Waals surface area contributed by atoms with E-state index >= 15 is 0 Å². The highest BCUT2D eigenvalue weighted by atomic mass is 79.9. The Hall–Kier alpha value is -0.160. The maximum Gasteiger partial charge on any atom is 0.0701 e. The molecule has 1 aromatic carbocycles. The first-order chi connectivity index (χ1) is 9.19. The van der Waals surface area contributed by atoms with Gasteiger partial charge in [0.25, 0.3) is 0 Å². The number of benzene rings is 1. The van der Waals surface area contributed by atoms with Gasteiger partial charge in [-0.2, -0.15) is 0 Å². The Kier molecular flexibility index (Phi) is 6.07. The average molecular weight is 403 g/mol. The number of nitrogens with one attached hydrogen (secondary N) is 1. The van der Waals surface area contributed by atoms with E-state index in [9.17, 15) is 0 Å². The molecular formula is C15H17Br2NS. The summed E-state index contributed by atoms with van der Waals surface area (Å²) in [6, 6.07) is 13.3. The lowest BCUT2D eigenvalue weighted by Gasteiger charge is -2.17. The molecule has 102 valence electrons. The maximum atomic E-state index is 3.64. The van der Waals surface area contributed by atoms with Gasteiger partial charge in [0.2, 0.25) is 0 Å². The summed E-state index contributed by atoms with van der Waals surface area (Å²) in [7, 11) is 0. The van der Waals surface area contributed by atoms with Gasteiger partial charge in [-0.15, -0.1) is 11.3 Å². The van der Waals surface area contributed by atoms with Crippen LogP contribution in [0.3, 0.4) is 0 Å². The number of hydrogen-bond acceptors (Lipinski definition) is 2. The summed E-state index contributed by atoms with van der Waals surface area (Å²) in [5.74, 6) is 0. The fourth-order valence-corrected chi connectivity index (χ4v) is 3.95. The molecule has 0 bridgehead atoms. The van der Waals surface area contributed by atoms with Crippen LogP contribution < -0.4 is 5.32 Å². The van der Waals surface area contributed by atoms with Crippen LogP contribution in [-0.4, -0.2) is 6.54 Å². The molecule has 0 spiro atoms. The fraction of sp³-hybridized carbons (Fsp3) is 0.333. The zero-order valence-corrected chi connectivity index (χ0v) is 14.8. The van der Waals surface area contributed by atoms with Gasteiger partial charge in [-0.05, 0) is 65.1 Å². The van der Waals surface area contributed by atoms with Gasteiger partial charge in [0.15, 0.2) is 0 Å². The summed E-state index contributed by atoms with van der Waals surface area (Å²) < 4.78 is 2.34. The molecule has 0 aliphatic carbocycles. The van der Waals surface area contributed by atoms with Crippen molar-refractivity contribution in [1.82, 2.24) is 5.32 Å². The lowest BCUT2D eigenvalue weighted by molar-refractivity contribution is 0.536. The highest BCUT2D eigenvalue weighted by Gasteiger charge is 2.13. The van der Waals surface area contributed by atoms with Crippen molar-refractivity contribution in [3.8, 4) is 0 Å². The standard InChI is InChI=1S/C15H17Br2NS/c1-2-8-18-13(14-6-7-15(17)19-14)10-11-4-3-5-12(16)9-11/h3-7,9,13,18H,2,8,10H2,1H3. The first kappa shape index (κ1) is 15.2. The van der Waals surface area contributed by atoms with Crippen molar-refractivity contribution in [2.45, 2.75) is 25.8 Å². The quantitative estimate of drug-likeness (QED) is 0.667. The van der Waals surface area contributed by atoms with Crippen molar-refractivity contribution in [1.29, 1.82) is 0 Å². The van der Waals surface area contributed by atoms with Gasteiger partial charge < -0.3 is 5.32 Å². The Labute approximate surface area is 135 Å². The summed E-state index contributed by atoms with van der Waals surface area (Å²) in [5.41, 5.74) is 1.35. The topological polar surface area (TPSA) is 12.0 Å². The van der Waals surface area contributed by atoms with E-state index in [1.807, 2.05) is 11.3 Å². The lowest BCUT2D eigenvalue weighted by atomic mass is 10.0. The van der Waals surface area contributed by atoms with Crippen molar-refractivity contribution in [3.05, 3.63) is 55.1 Å². The van der Waals surface area contributed by atoms with Gasteiger partial charge in [0, 0.05) is 15.4 Å². The van der Waals surface area contributed by atoms with E-state index in [0.717, 1.165) is 23.9 Å². The monoisotopic (exact) mass is 401 g/mol. The first-order valence-corrected chi connectivity index (χ1v) is 8.82. The SMILES string of the molecule is CCCNC(Cc1cccc(Br)c1)c1ccc(Br)s1. The van der Waals surface area contributed by atoms with Gasteiger partial charge in [-0.3, -0.25) is 0 Å². The van der Waals surface area contributed by atoms with Crippen LogP contribution in [0.1, 0.15) is 29.8 Å². The fourth-order valence-electron chi connectivity index (χ4n) is 2.01. The van der Waals surface area contributed by atoms with E-state index in [2.05, 4.69) is 80.5 Å². The van der Waals surface area contributed by atoms with E-state index in [1.165, 1.54) is 14.2 Å². The molecule has 2 aromatic rings. The molecule has 2 rings (SSSR count). The molecule has 1 atom stereocenters. The number of halogens is 2. The minimum Gasteiger partial charge on any atom is -0.309 e. The minimum atomic E-state index is 0.394. The molecular weight excluding hydrogens is 386 g/mol. The second-order valence-corrected chi connectivity index (χ2v) is 7.89. The normalized spacial score (nSPS) is 12.6. The van der Waals surface area contributed by atoms with Crippen LogP contribution in [-0.2, 0) is 6.42 Å². The van der Waals surface area contributed by atoms with Crippen LogP contribution in [0.5, 0.6) is 0 Å². The number of thiophene rings is 1. The molecule has 0 radical (unpaired) electrons. The van der Waals surface area contributed by atoms with Crippen LogP contribution in [0.25, 0.3) is 0 Å². The van der Waals surface area contributed by atoms with Crippen LogP contribution in [0, 0.1) is 0 Å². The Morgan fingerprint density at radius 2 is 2.05 bits per heavy atom. The molecule has 0 aliphatic rings. The summed E-state index contributed by atoms with van der Waals surface area (Å²) in [4.78, 5) is 1.39. The van der Waals surface area contributed by atoms with Crippen molar-refractivity contribution in [2.75, 3.05) is 6.54 Å². The molecule has 19 heavy (non-hydrogen) atoms. The van der Waals surface area contributed by atoms with Crippen LogP contribution in [0.15, 0.2) is 44.7 Å². The second-order valence-electron chi connectivity index (χ2n) is 4.48. The summed E-state index contributed by atoms with van der Waals surface area (Å²) >= 11 is 8.90. The molecule has 0 saturated heterocycles. The lowest BCUT2D eigenvalue weighted by Crippen LogP contribution is -2.23. The minimum absolute atomic E-state index is 0.394. The molecule has 1 nitrogen and oxygen atoms in total. The molecule has 0 fully saturated rings. The Morgan fingerprint density at radius 1 is 1.21 bits per heavy atom. The molecule has 0 aliphatic heterocycles. The van der Waals surface area contributed by atoms with Crippen molar-refractivity contribution in [2.24, 2.45) is 0 Å². The zero-order chi connectivity index (χ0) is 13.7. The smallest absolute Gasteiger partial charge is 0.0701 e. The first-order valence-electron chi connectivity index (χ1n) is 6.42. The number of hydrogen-bond donors (Lipinski definition) is 1. The van der Waals surface area contributed by atoms with Crippen molar-refractivity contribution < 1.29 is 0 Å². The molecule has 1 unspecified atom stereocenters. The summed E-state index contributed by atoms with van der Waals surface area (Å²) in [6.07, 6.45) is 2.17. The van der Waals surface area contributed by atoms with Gasteiger partial charge >= 0.3 is 0 Å². The largest absolute Gasteiger partial charge is 0.309 e. The summed E-state index contributed by atoms with van der Waals surface area (Å²) in [5, 5.41) is 3.64. The molecule has 1 N–H and O–H groups in total. The molecule has 1 heterocycles. The number of rotatable bonds is 6. The highest BCUT2D eigenvalue weighted by Crippen LogP contribution is 2.29. The van der Waals surface area contributed by atoms with Gasteiger partial charge in [0.1, 0.15) is 0 Å². The van der Waals surface area contributed by atoms with E-state index in [-0.39, 0.29) is 0 Å². The van der Waals surface area contributed by atoms with Gasteiger partial charge in [-0.25, -0.2) is 0 Å². The Bertz CT molecular complexity index is 524. The van der Waals surface area contributed by atoms with Gasteiger partial charge in [-0.1, -0.05) is 35.0 Å². The highest BCUT2D eigenvalue weighted by molar-refractivity contribution is 9.11. The second kappa shape index (κ2) is 7.58. The van der Waals surface area contributed by atoms with Gasteiger partial charge in [0.05, 0.1) is 3.79 Å². The van der Waals surface area contributed by atoms with Crippen LogP contribution in [0.2, 0.25) is 0 Å². The maximum absolute atomic E-state index is 3.64. The van der Waals surface area contributed by atoms with E-state index in [0.29, 0.717) is 6.04 Å². The Balaban J connectivity index is 2.13. The van der Waals surface area contributed by atoms with Crippen molar-refractivity contribution in [3.63, 3.8) is 0 Å². The molecule has 0 saturated carbocycles. The van der Waals surface area contributed by atoms with E-state index in [4.69, 9.17) is 0 Å². The molecule has 1 aromatic heterocycles. The van der Waals surface area contributed by atoms with E-state index < -0.39 is 0 Å². The molecule has 0 amide bonds. The van der Waals surface area contributed by atoms with Crippen molar-refractivity contribution >= 4 is 43.2 Å². The summed E-state index contributed by atoms with van der Waals surface area (Å²) in [6.45, 7) is 3.25. The van der Waals surface area contributed by atoms with E-state index in [1.54, 1.807) is 0 Å². The predicted octanol–water partition coefficient (Wildman–Crippen LogP) is 5.56. The Morgan fingerprint density at radius 3 is 2.68 bits per heavy atom. The average Bonchev–Trinajstić information content (AvgIpc) is 2.81. The third-order valence-corrected chi connectivity index (χ3v) is 5.14. The third kappa shape index (κ3) is 4.71. The molecule has 4 heteroatoms. The van der Waals surface area contributed by atoms with Crippen LogP contribution >= 0.6 is 43.2 Å². The van der Waals surface area contributed by atoms with Crippen LogP contribution in [0.4, 0.5) is 0 Å². The zero-order valence-electron chi connectivity index (χ0n) is 10.8.